The maximum absolute atomic E-state index is 12.9. The van der Waals surface area contributed by atoms with E-state index in [-0.39, 0.29) is 30.2 Å². The Morgan fingerprint density at radius 2 is 1.96 bits per heavy atom. The molecule has 5 nitrogen and oxygen atoms in total. The number of carbonyl (C=O) groups excluding carboxylic acids is 3. The molecular weight excluding hydrogens is 316 g/mol. The number of anilines is 1. The Labute approximate surface area is 146 Å². The van der Waals surface area contributed by atoms with Gasteiger partial charge in [-0.05, 0) is 31.5 Å². The lowest BCUT2D eigenvalue weighted by Gasteiger charge is -2.36. The Morgan fingerprint density at radius 3 is 2.64 bits per heavy atom. The van der Waals surface area contributed by atoms with Gasteiger partial charge in [0.2, 0.25) is 11.8 Å². The summed E-state index contributed by atoms with van der Waals surface area (Å²) in [6, 6.07) is 5.16. The van der Waals surface area contributed by atoms with E-state index in [2.05, 4.69) is 12.6 Å². The third-order valence-corrected chi connectivity index (χ3v) is 5.48. The SMILES string of the molecule is C=CCN1C(=O)[C@@H]2[C@H](C1=O)[C@@H](C(C)=O)N1c3ccc(C)cc3C=C[C@@H]21. The van der Waals surface area contributed by atoms with E-state index in [4.69, 9.17) is 0 Å². The smallest absolute Gasteiger partial charge is 0.236 e. The van der Waals surface area contributed by atoms with Crippen molar-refractivity contribution in [3.8, 4) is 0 Å². The molecule has 5 heteroatoms. The molecule has 4 rings (SSSR count). The molecule has 0 saturated carbocycles. The van der Waals surface area contributed by atoms with E-state index in [9.17, 15) is 14.4 Å². The van der Waals surface area contributed by atoms with Crippen LogP contribution < -0.4 is 4.90 Å². The predicted octanol–water partition coefficient (Wildman–Crippen LogP) is 1.96. The average molecular weight is 336 g/mol. The number of aryl methyl sites for hydroxylation is 1. The van der Waals surface area contributed by atoms with Crippen LogP contribution in [-0.4, -0.2) is 41.1 Å². The number of hydrogen-bond acceptors (Lipinski definition) is 4. The van der Waals surface area contributed by atoms with Gasteiger partial charge in [-0.3, -0.25) is 19.3 Å². The second-order valence-electron chi connectivity index (χ2n) is 7.00. The van der Waals surface area contributed by atoms with Gasteiger partial charge in [0.15, 0.2) is 5.78 Å². The van der Waals surface area contributed by atoms with Gasteiger partial charge in [0, 0.05) is 12.2 Å². The number of Topliss-reactive ketones (excluding diaryl/α,β-unsaturated/α-hetero) is 1. The average Bonchev–Trinajstić information content (AvgIpc) is 3.04. The van der Waals surface area contributed by atoms with Crippen LogP contribution in [0.3, 0.4) is 0 Å². The van der Waals surface area contributed by atoms with Gasteiger partial charge in [-0.1, -0.05) is 29.9 Å². The fourth-order valence-corrected chi connectivity index (χ4v) is 4.52. The first-order valence-corrected chi connectivity index (χ1v) is 8.49. The lowest BCUT2D eigenvalue weighted by atomic mass is 9.88. The van der Waals surface area contributed by atoms with Crippen molar-refractivity contribution in [3.63, 3.8) is 0 Å². The molecule has 1 aromatic carbocycles. The molecule has 3 aliphatic rings. The fourth-order valence-electron chi connectivity index (χ4n) is 4.52. The van der Waals surface area contributed by atoms with Gasteiger partial charge in [0.25, 0.3) is 0 Å². The zero-order valence-corrected chi connectivity index (χ0v) is 14.3. The third-order valence-electron chi connectivity index (χ3n) is 5.48. The molecule has 2 amide bonds. The molecule has 0 aliphatic carbocycles. The molecule has 1 aromatic rings. The summed E-state index contributed by atoms with van der Waals surface area (Å²) in [5.41, 5.74) is 3.07. The highest BCUT2D eigenvalue weighted by molar-refractivity contribution is 6.11. The van der Waals surface area contributed by atoms with Crippen molar-refractivity contribution in [1.29, 1.82) is 0 Å². The van der Waals surface area contributed by atoms with Crippen LogP contribution in [0.4, 0.5) is 5.69 Å². The third kappa shape index (κ3) is 2.05. The van der Waals surface area contributed by atoms with Gasteiger partial charge in [-0.2, -0.15) is 0 Å². The molecular formula is C20H20N2O3. The molecule has 25 heavy (non-hydrogen) atoms. The topological polar surface area (TPSA) is 57.7 Å². The van der Waals surface area contributed by atoms with Crippen LogP contribution in [0.2, 0.25) is 0 Å². The molecule has 128 valence electrons. The number of carbonyl (C=O) groups is 3. The minimum absolute atomic E-state index is 0.0825. The number of fused-ring (bicyclic) bond motifs is 5. The van der Waals surface area contributed by atoms with Gasteiger partial charge in [-0.25, -0.2) is 0 Å². The molecule has 0 radical (unpaired) electrons. The Bertz CT molecular complexity index is 841. The first-order valence-electron chi connectivity index (χ1n) is 8.49. The highest BCUT2D eigenvalue weighted by Crippen LogP contribution is 2.48. The Morgan fingerprint density at radius 1 is 1.24 bits per heavy atom. The summed E-state index contributed by atoms with van der Waals surface area (Å²) >= 11 is 0. The first kappa shape index (κ1) is 15.8. The largest absolute Gasteiger partial charge is 0.353 e. The second-order valence-corrected chi connectivity index (χ2v) is 7.00. The maximum atomic E-state index is 12.9. The van der Waals surface area contributed by atoms with Crippen LogP contribution in [0.1, 0.15) is 18.1 Å². The van der Waals surface area contributed by atoms with Gasteiger partial charge in [0.05, 0.1) is 17.9 Å². The molecule has 4 atom stereocenters. The lowest BCUT2D eigenvalue weighted by Crippen LogP contribution is -2.48. The van der Waals surface area contributed by atoms with E-state index < -0.39 is 17.9 Å². The number of amides is 2. The minimum Gasteiger partial charge on any atom is -0.353 e. The number of rotatable bonds is 3. The molecule has 3 aliphatic heterocycles. The normalized spacial score (nSPS) is 29.5. The van der Waals surface area contributed by atoms with E-state index in [0.717, 1.165) is 16.8 Å². The fraction of sp³-hybridized carbons (Fsp3) is 0.350. The zero-order valence-electron chi connectivity index (χ0n) is 14.3. The quantitative estimate of drug-likeness (QED) is 0.625. The van der Waals surface area contributed by atoms with Crippen molar-refractivity contribution >= 4 is 29.4 Å². The van der Waals surface area contributed by atoms with E-state index in [1.54, 1.807) is 6.08 Å². The monoisotopic (exact) mass is 336 g/mol. The van der Waals surface area contributed by atoms with Crippen LogP contribution in [0.5, 0.6) is 0 Å². The molecule has 0 spiro atoms. The predicted molar refractivity (Wildman–Crippen MR) is 94.8 cm³/mol. The molecule has 2 fully saturated rings. The minimum atomic E-state index is -0.619. The summed E-state index contributed by atoms with van der Waals surface area (Å²) in [6.45, 7) is 7.34. The van der Waals surface area contributed by atoms with Crippen molar-refractivity contribution in [2.75, 3.05) is 11.4 Å². The molecule has 0 bridgehead atoms. The number of nitrogens with zero attached hydrogens (tertiary/aromatic N) is 2. The van der Waals surface area contributed by atoms with Crippen molar-refractivity contribution in [2.45, 2.75) is 25.9 Å². The summed E-state index contributed by atoms with van der Waals surface area (Å²) < 4.78 is 0. The second kappa shape index (κ2) is 5.41. The summed E-state index contributed by atoms with van der Waals surface area (Å²) in [5.74, 6) is -1.67. The standard InChI is InChI=1S/C20H20N2O3/c1-4-9-21-19(24)16-15-8-6-13-10-11(2)5-7-14(13)22(15)18(12(3)23)17(16)20(21)25/h4-8,10,15-18H,1,9H2,2-3H3/t15-,16-,17-,18+/m0/s1. The van der Waals surface area contributed by atoms with Gasteiger partial charge < -0.3 is 4.90 Å². The van der Waals surface area contributed by atoms with Crippen LogP contribution in [0.15, 0.2) is 36.9 Å². The molecule has 0 N–H and O–H groups in total. The summed E-state index contributed by atoms with van der Waals surface area (Å²) in [6.07, 6.45) is 5.51. The van der Waals surface area contributed by atoms with E-state index in [1.807, 2.05) is 36.1 Å². The van der Waals surface area contributed by atoms with Crippen LogP contribution in [0, 0.1) is 18.8 Å². The Balaban J connectivity index is 1.85. The van der Waals surface area contributed by atoms with Gasteiger partial charge in [0.1, 0.15) is 6.04 Å². The molecule has 2 saturated heterocycles. The van der Waals surface area contributed by atoms with E-state index in [0.29, 0.717) is 0 Å². The summed E-state index contributed by atoms with van der Waals surface area (Å²) in [7, 11) is 0. The van der Waals surface area contributed by atoms with E-state index >= 15 is 0 Å². The Hall–Kier alpha value is -2.69. The molecule has 0 unspecified atom stereocenters. The molecule has 3 heterocycles. The van der Waals surface area contributed by atoms with Gasteiger partial charge in [-0.15, -0.1) is 6.58 Å². The number of likely N-dealkylation sites (tertiary alicyclic amines) is 1. The van der Waals surface area contributed by atoms with Crippen LogP contribution in [-0.2, 0) is 14.4 Å². The Kier molecular flexibility index (Phi) is 3.42. The van der Waals surface area contributed by atoms with Crippen LogP contribution in [0.25, 0.3) is 6.08 Å². The summed E-state index contributed by atoms with van der Waals surface area (Å²) in [4.78, 5) is 41.4. The van der Waals surface area contributed by atoms with Crippen LogP contribution >= 0.6 is 0 Å². The van der Waals surface area contributed by atoms with Crippen molar-refractivity contribution in [2.24, 2.45) is 11.8 Å². The maximum Gasteiger partial charge on any atom is 0.236 e. The highest BCUT2D eigenvalue weighted by atomic mass is 16.2. The van der Waals surface area contributed by atoms with Crippen molar-refractivity contribution < 1.29 is 14.4 Å². The zero-order chi connectivity index (χ0) is 17.9. The number of benzene rings is 1. The first-order chi connectivity index (χ1) is 12.0. The van der Waals surface area contributed by atoms with Crippen molar-refractivity contribution in [1.82, 2.24) is 4.90 Å². The number of ketones is 1. The lowest BCUT2D eigenvalue weighted by molar-refractivity contribution is -0.140. The number of hydrogen-bond donors (Lipinski definition) is 0. The van der Waals surface area contributed by atoms with Crippen molar-refractivity contribution in [3.05, 3.63) is 48.1 Å². The highest BCUT2D eigenvalue weighted by Gasteiger charge is 2.63. The van der Waals surface area contributed by atoms with E-state index in [1.165, 1.54) is 11.8 Å². The number of imide groups is 1. The molecule has 0 aromatic heterocycles. The van der Waals surface area contributed by atoms with Gasteiger partial charge >= 0.3 is 0 Å². The summed E-state index contributed by atoms with van der Waals surface area (Å²) in [5, 5.41) is 0.